The van der Waals surface area contributed by atoms with Crippen LogP contribution in [0.3, 0.4) is 0 Å². The number of benzene rings is 1. The number of morpholine rings is 1. The van der Waals surface area contributed by atoms with Crippen molar-refractivity contribution in [2.24, 2.45) is 5.10 Å². The van der Waals surface area contributed by atoms with Crippen LogP contribution in [-0.2, 0) is 20.7 Å². The molecule has 150 valence electrons. The maximum Gasteiger partial charge on any atom is 0.311 e. The Bertz CT molecular complexity index is 907. The van der Waals surface area contributed by atoms with Crippen molar-refractivity contribution in [1.82, 2.24) is 14.8 Å². The maximum absolute atomic E-state index is 13.1. The van der Waals surface area contributed by atoms with Crippen LogP contribution in [-0.4, -0.2) is 67.0 Å². The minimum absolute atomic E-state index is 0.0554. The van der Waals surface area contributed by atoms with E-state index in [0.717, 1.165) is 0 Å². The van der Waals surface area contributed by atoms with Gasteiger partial charge in [-0.15, -0.1) is 0 Å². The molecule has 0 amide bonds. The van der Waals surface area contributed by atoms with Gasteiger partial charge >= 0.3 is 5.97 Å². The van der Waals surface area contributed by atoms with E-state index < -0.39 is 5.97 Å². The summed E-state index contributed by atoms with van der Waals surface area (Å²) in [6.07, 6.45) is -0.0554. The second kappa shape index (κ2) is 8.75. The van der Waals surface area contributed by atoms with E-state index in [0.29, 0.717) is 54.7 Å². The highest BCUT2D eigenvalue weighted by atomic mass is 16.5. The lowest BCUT2D eigenvalue weighted by molar-refractivity contribution is -0.139. The number of ether oxygens (including phenoxy) is 3. The van der Waals surface area contributed by atoms with E-state index in [1.807, 2.05) is 5.01 Å². The summed E-state index contributed by atoms with van der Waals surface area (Å²) in [6, 6.07) is 7.04. The van der Waals surface area contributed by atoms with Crippen LogP contribution in [0, 0.1) is 0 Å². The van der Waals surface area contributed by atoms with E-state index in [4.69, 9.17) is 14.2 Å². The van der Waals surface area contributed by atoms with Gasteiger partial charge in [-0.2, -0.15) is 5.10 Å². The molecule has 1 aromatic heterocycles. The van der Waals surface area contributed by atoms with Gasteiger partial charge in [0.1, 0.15) is 5.75 Å². The SMILES string of the molecule is COC(=O)Cc1[nH]n(-c2ccc(OC)cc2)c(=O)c1/C(C)=N/N1CCOCC1. The van der Waals surface area contributed by atoms with Crippen molar-refractivity contribution in [3.63, 3.8) is 0 Å². The highest BCUT2D eigenvalue weighted by Gasteiger charge is 2.21. The average Bonchev–Trinajstić information content (AvgIpc) is 3.04. The summed E-state index contributed by atoms with van der Waals surface area (Å²) in [4.78, 5) is 25.0. The van der Waals surface area contributed by atoms with Gasteiger partial charge in [-0.05, 0) is 31.2 Å². The Hall–Kier alpha value is -3.07. The number of carbonyl (C=O) groups excluding carboxylic acids is 1. The first-order valence-electron chi connectivity index (χ1n) is 8.97. The van der Waals surface area contributed by atoms with Gasteiger partial charge in [0.25, 0.3) is 5.56 Å². The molecule has 1 aromatic carbocycles. The van der Waals surface area contributed by atoms with Crippen molar-refractivity contribution >= 4 is 11.7 Å². The summed E-state index contributed by atoms with van der Waals surface area (Å²) < 4.78 is 16.7. The second-order valence-electron chi connectivity index (χ2n) is 6.31. The predicted octanol–water partition coefficient (Wildman–Crippen LogP) is 0.946. The molecule has 1 fully saturated rings. The normalized spacial score (nSPS) is 14.8. The van der Waals surface area contributed by atoms with Gasteiger partial charge in [0.15, 0.2) is 0 Å². The predicted molar refractivity (Wildman–Crippen MR) is 103 cm³/mol. The number of esters is 1. The summed E-state index contributed by atoms with van der Waals surface area (Å²) in [5, 5.41) is 9.45. The third kappa shape index (κ3) is 4.25. The molecule has 28 heavy (non-hydrogen) atoms. The molecule has 3 rings (SSSR count). The summed E-state index contributed by atoms with van der Waals surface area (Å²) in [7, 11) is 2.89. The quantitative estimate of drug-likeness (QED) is 0.584. The van der Waals surface area contributed by atoms with Crippen LogP contribution in [0.1, 0.15) is 18.2 Å². The van der Waals surface area contributed by atoms with E-state index in [1.54, 1.807) is 38.3 Å². The van der Waals surface area contributed by atoms with Crippen LogP contribution >= 0.6 is 0 Å². The largest absolute Gasteiger partial charge is 0.497 e. The van der Waals surface area contributed by atoms with Gasteiger partial charge in [-0.1, -0.05) is 0 Å². The molecule has 9 nitrogen and oxygen atoms in total. The van der Waals surface area contributed by atoms with Crippen molar-refractivity contribution in [3.05, 3.63) is 45.9 Å². The zero-order valence-electron chi connectivity index (χ0n) is 16.2. The zero-order valence-corrected chi connectivity index (χ0v) is 16.2. The first-order valence-corrected chi connectivity index (χ1v) is 8.97. The number of hydrogen-bond acceptors (Lipinski definition) is 7. The lowest BCUT2D eigenvalue weighted by atomic mass is 10.1. The van der Waals surface area contributed by atoms with Crippen molar-refractivity contribution < 1.29 is 19.0 Å². The molecule has 0 radical (unpaired) electrons. The van der Waals surface area contributed by atoms with Gasteiger partial charge < -0.3 is 14.2 Å². The van der Waals surface area contributed by atoms with Gasteiger partial charge in [-0.3, -0.25) is 19.7 Å². The van der Waals surface area contributed by atoms with Crippen LogP contribution < -0.4 is 10.3 Å². The lowest BCUT2D eigenvalue weighted by Gasteiger charge is -2.24. The Balaban J connectivity index is 2.02. The standard InChI is InChI=1S/C19H24N4O5/c1-13(20-22-8-10-28-11-9-22)18-16(12-17(24)27-3)21-23(19(18)25)14-4-6-15(26-2)7-5-14/h4-7,21H,8-12H2,1-3H3/b20-13+. The number of carbonyl (C=O) groups is 1. The molecule has 2 aromatic rings. The van der Waals surface area contributed by atoms with Crippen LogP contribution in [0.15, 0.2) is 34.2 Å². The third-order valence-corrected chi connectivity index (χ3v) is 4.49. The van der Waals surface area contributed by atoms with Gasteiger partial charge in [0, 0.05) is 0 Å². The van der Waals surface area contributed by atoms with Crippen LogP contribution in [0.25, 0.3) is 5.69 Å². The lowest BCUT2D eigenvalue weighted by Crippen LogP contribution is -2.33. The van der Waals surface area contributed by atoms with Gasteiger partial charge in [-0.25, -0.2) is 4.68 Å². The Kier molecular flexibility index (Phi) is 6.15. The Morgan fingerprint density at radius 2 is 1.89 bits per heavy atom. The molecule has 0 spiro atoms. The topological polar surface area (TPSA) is 98.1 Å². The molecule has 0 atom stereocenters. The number of methoxy groups -OCH3 is 2. The first-order chi connectivity index (χ1) is 13.5. The van der Waals surface area contributed by atoms with Crippen molar-refractivity contribution in [2.75, 3.05) is 40.5 Å². The number of aromatic nitrogens is 2. The zero-order chi connectivity index (χ0) is 20.1. The summed E-state index contributed by atoms with van der Waals surface area (Å²) >= 11 is 0. The van der Waals surface area contributed by atoms with Crippen LogP contribution in [0.4, 0.5) is 0 Å². The van der Waals surface area contributed by atoms with Gasteiger partial charge in [0.2, 0.25) is 0 Å². The molecule has 1 aliphatic heterocycles. The molecule has 1 saturated heterocycles. The monoisotopic (exact) mass is 388 g/mol. The number of hydrazone groups is 1. The molecule has 0 unspecified atom stereocenters. The highest BCUT2D eigenvalue weighted by Crippen LogP contribution is 2.15. The number of nitrogens with zero attached hydrogens (tertiary/aromatic N) is 3. The molecule has 1 aliphatic rings. The number of rotatable bonds is 6. The Labute approximate surface area is 162 Å². The smallest absolute Gasteiger partial charge is 0.311 e. The fourth-order valence-corrected chi connectivity index (χ4v) is 3.03. The van der Waals surface area contributed by atoms with E-state index in [1.165, 1.54) is 11.8 Å². The first kappa shape index (κ1) is 19.7. The number of nitrogens with one attached hydrogen (secondary N) is 1. The molecule has 0 aliphatic carbocycles. The molecule has 0 bridgehead atoms. The minimum atomic E-state index is -0.441. The van der Waals surface area contributed by atoms with E-state index in [2.05, 4.69) is 10.2 Å². The Morgan fingerprint density at radius 1 is 1.21 bits per heavy atom. The maximum atomic E-state index is 13.1. The number of hydrogen-bond donors (Lipinski definition) is 1. The van der Waals surface area contributed by atoms with E-state index in [-0.39, 0.29) is 12.0 Å². The van der Waals surface area contributed by atoms with Gasteiger partial charge in [0.05, 0.1) is 69.6 Å². The summed E-state index contributed by atoms with van der Waals surface area (Å²) in [6.45, 7) is 4.25. The fourth-order valence-electron chi connectivity index (χ4n) is 3.03. The molecule has 2 heterocycles. The molecular weight excluding hydrogens is 364 g/mol. The highest BCUT2D eigenvalue weighted by molar-refractivity contribution is 6.00. The van der Waals surface area contributed by atoms with E-state index >= 15 is 0 Å². The Morgan fingerprint density at radius 3 is 2.50 bits per heavy atom. The second-order valence-corrected chi connectivity index (χ2v) is 6.31. The number of aromatic amines is 1. The van der Waals surface area contributed by atoms with Crippen molar-refractivity contribution in [2.45, 2.75) is 13.3 Å². The third-order valence-electron chi connectivity index (χ3n) is 4.49. The molecule has 0 saturated carbocycles. The van der Waals surface area contributed by atoms with Crippen molar-refractivity contribution in [1.29, 1.82) is 0 Å². The molecular formula is C19H24N4O5. The fraction of sp³-hybridized carbons (Fsp3) is 0.421. The average molecular weight is 388 g/mol. The number of H-pyrrole nitrogens is 1. The van der Waals surface area contributed by atoms with Crippen LogP contribution in [0.5, 0.6) is 5.75 Å². The van der Waals surface area contributed by atoms with Crippen molar-refractivity contribution in [3.8, 4) is 11.4 Å². The van der Waals surface area contributed by atoms with Crippen LogP contribution in [0.2, 0.25) is 0 Å². The minimum Gasteiger partial charge on any atom is -0.497 e. The van der Waals surface area contributed by atoms with E-state index in [9.17, 15) is 9.59 Å². The molecule has 1 N–H and O–H groups in total. The summed E-state index contributed by atoms with van der Waals surface area (Å²) in [5.74, 6) is 0.243. The molecule has 9 heteroatoms. The summed E-state index contributed by atoms with van der Waals surface area (Å²) in [5.41, 5.74) is 1.71.